The van der Waals surface area contributed by atoms with Crippen LogP contribution in [0.3, 0.4) is 0 Å². The highest BCUT2D eigenvalue weighted by molar-refractivity contribution is 7.52. The molecule has 3 heterocycles. The van der Waals surface area contributed by atoms with Gasteiger partial charge in [0.05, 0.1) is 31.7 Å². The van der Waals surface area contributed by atoms with Gasteiger partial charge in [0, 0.05) is 0 Å². The number of aliphatic hydroxyl groups is 1. The number of hydrogen-bond donors (Lipinski definition) is 4. The first kappa shape index (κ1) is 30.6. The van der Waals surface area contributed by atoms with Gasteiger partial charge in [-0.25, -0.2) is 9.55 Å². The number of carbonyl (C=O) groups excluding carboxylic acids is 1. The van der Waals surface area contributed by atoms with E-state index in [1.807, 2.05) is 6.92 Å². The van der Waals surface area contributed by atoms with Crippen LogP contribution in [0.4, 0.5) is 5.95 Å². The summed E-state index contributed by atoms with van der Waals surface area (Å²) in [6.07, 6.45) is -1.27. The van der Waals surface area contributed by atoms with Crippen molar-refractivity contribution in [3.63, 3.8) is 0 Å². The molecule has 3 aromatic rings. The number of nitrogens with zero attached hydrogens (tertiary/aromatic N) is 4. The van der Waals surface area contributed by atoms with Crippen LogP contribution in [0.25, 0.3) is 11.2 Å². The number of nitrogens with one attached hydrogen (secondary N) is 1. The molecule has 6 unspecified atom stereocenters. The Morgan fingerprint density at radius 3 is 2.71 bits per heavy atom. The predicted molar refractivity (Wildman–Crippen MR) is 148 cm³/mol. The molecule has 0 aliphatic carbocycles. The van der Waals surface area contributed by atoms with Crippen LogP contribution in [0.2, 0.25) is 0 Å². The molecule has 1 saturated heterocycles. The molecule has 1 aliphatic rings. The van der Waals surface area contributed by atoms with Gasteiger partial charge in [-0.05, 0) is 39.3 Å². The van der Waals surface area contributed by atoms with Crippen molar-refractivity contribution in [2.24, 2.45) is 5.73 Å². The molecule has 0 amide bonds. The van der Waals surface area contributed by atoms with Crippen LogP contribution < -0.4 is 25.8 Å². The van der Waals surface area contributed by atoms with E-state index in [0.29, 0.717) is 18.5 Å². The van der Waals surface area contributed by atoms with Crippen molar-refractivity contribution < 1.29 is 37.7 Å². The fourth-order valence-corrected chi connectivity index (χ4v) is 5.75. The lowest BCUT2D eigenvalue weighted by atomic mass is 9.93. The summed E-state index contributed by atoms with van der Waals surface area (Å²) in [6.45, 7) is 6.85. The van der Waals surface area contributed by atoms with Crippen molar-refractivity contribution in [2.75, 3.05) is 25.6 Å². The number of rotatable bonds is 13. The summed E-state index contributed by atoms with van der Waals surface area (Å²) >= 11 is 0. The molecule has 1 aliphatic heterocycles. The number of carbonyl (C=O) groups is 1. The monoisotopic (exact) mass is 593 g/mol. The fourth-order valence-electron chi connectivity index (χ4n) is 4.24. The Bertz CT molecular complexity index is 1390. The van der Waals surface area contributed by atoms with E-state index in [4.69, 9.17) is 34.7 Å². The van der Waals surface area contributed by atoms with Crippen molar-refractivity contribution >= 4 is 30.8 Å². The van der Waals surface area contributed by atoms with Gasteiger partial charge in [-0.3, -0.25) is 13.9 Å². The number of nitrogen functional groups attached to an aromatic ring is 1. The normalized spacial score (nSPS) is 24.6. The topological polar surface area (TPSA) is 208 Å². The highest BCUT2D eigenvalue weighted by Gasteiger charge is 2.53. The first-order valence-electron chi connectivity index (χ1n) is 13.2. The van der Waals surface area contributed by atoms with Gasteiger partial charge < -0.3 is 35.3 Å². The summed E-state index contributed by atoms with van der Waals surface area (Å²) < 4.78 is 43.5. The molecule has 0 saturated carbocycles. The number of aliphatic hydroxyl groups excluding tert-OH is 1. The number of fused-ring (bicyclic) bond motifs is 1. The van der Waals surface area contributed by atoms with Crippen LogP contribution in [-0.2, 0) is 23.4 Å². The van der Waals surface area contributed by atoms with Crippen LogP contribution in [0, 0.1) is 0 Å². The van der Waals surface area contributed by atoms with Crippen molar-refractivity contribution in [1.29, 1.82) is 0 Å². The van der Waals surface area contributed by atoms with Crippen molar-refractivity contribution in [3.8, 4) is 11.6 Å². The minimum absolute atomic E-state index is 0.0449. The highest BCUT2D eigenvalue weighted by atomic mass is 31.2. The lowest BCUT2D eigenvalue weighted by Crippen LogP contribution is -2.52. The number of anilines is 1. The van der Waals surface area contributed by atoms with Gasteiger partial charge in [-0.2, -0.15) is 15.1 Å². The maximum atomic E-state index is 13.8. The molecule has 6 N–H and O–H groups in total. The third-order valence-corrected chi connectivity index (χ3v) is 7.94. The van der Waals surface area contributed by atoms with Crippen molar-refractivity contribution in [3.05, 3.63) is 36.7 Å². The molecule has 16 heteroatoms. The van der Waals surface area contributed by atoms with Gasteiger partial charge in [0.2, 0.25) is 11.8 Å². The molecular formula is C25H36N7O8P. The molecule has 15 nitrogen and oxygen atoms in total. The fraction of sp³-hybridized carbons (Fsp3) is 0.520. The van der Waals surface area contributed by atoms with E-state index >= 15 is 0 Å². The number of imidazole rings is 1. The molecule has 6 atom stereocenters. The van der Waals surface area contributed by atoms with Crippen LogP contribution >= 0.6 is 7.75 Å². The molecule has 4 rings (SSSR count). The summed E-state index contributed by atoms with van der Waals surface area (Å²) in [5, 5.41) is 13.7. The summed E-state index contributed by atoms with van der Waals surface area (Å²) in [6, 6.07) is 7.28. The number of nitrogens with two attached hydrogens (primary N) is 2. The summed E-state index contributed by atoms with van der Waals surface area (Å²) in [5.74, 6) is -0.239. The number of aromatic nitrogens is 4. The Kier molecular flexibility index (Phi) is 9.47. The standard InChI is InChI=1S/C25H36N7O8P/c1-5-12-37-22(34)15(3)31-41(35,40-16-10-8-7-9-11-16)38-13-17-19(33)25(4,27)23(39-17)32-14-28-18-20(32)29-24(26)30-21(18)36-6-2/h7-11,14-15,17,19,23,33H,5-6,12-13,27H2,1-4H3,(H,31,35)(H2,26,29,30). The summed E-state index contributed by atoms with van der Waals surface area (Å²) in [5.41, 5.74) is 11.7. The van der Waals surface area contributed by atoms with Crippen LogP contribution in [0.5, 0.6) is 11.6 Å². The second-order valence-corrected chi connectivity index (χ2v) is 11.4. The minimum atomic E-state index is -4.20. The lowest BCUT2D eigenvalue weighted by Gasteiger charge is -2.28. The Balaban J connectivity index is 1.55. The van der Waals surface area contributed by atoms with Crippen molar-refractivity contribution in [2.45, 2.75) is 64.1 Å². The zero-order valence-corrected chi connectivity index (χ0v) is 24.2. The van der Waals surface area contributed by atoms with E-state index < -0.39 is 50.3 Å². The molecule has 0 radical (unpaired) electrons. The zero-order valence-electron chi connectivity index (χ0n) is 23.3. The number of esters is 1. The van der Waals surface area contributed by atoms with Crippen LogP contribution in [-0.4, -0.2) is 74.2 Å². The van der Waals surface area contributed by atoms with Gasteiger partial charge in [0.15, 0.2) is 17.4 Å². The smallest absolute Gasteiger partial charge is 0.459 e. The molecule has 1 fully saturated rings. The average Bonchev–Trinajstić information content (AvgIpc) is 3.44. The maximum absolute atomic E-state index is 13.8. The summed E-state index contributed by atoms with van der Waals surface area (Å²) in [7, 11) is -4.20. The molecular weight excluding hydrogens is 557 g/mol. The Hall–Kier alpha value is -3.33. The highest BCUT2D eigenvalue weighted by Crippen LogP contribution is 2.47. The molecule has 1 aromatic carbocycles. The maximum Gasteiger partial charge on any atom is 0.459 e. The average molecular weight is 594 g/mol. The molecule has 0 spiro atoms. The number of ether oxygens (including phenoxy) is 3. The van der Waals surface area contributed by atoms with Crippen molar-refractivity contribution in [1.82, 2.24) is 24.6 Å². The molecule has 2 aromatic heterocycles. The lowest BCUT2D eigenvalue weighted by molar-refractivity contribution is -0.145. The Labute approximate surface area is 237 Å². The number of benzene rings is 1. The second kappa shape index (κ2) is 12.7. The van der Waals surface area contributed by atoms with Gasteiger partial charge in [-0.15, -0.1) is 0 Å². The van der Waals surface area contributed by atoms with E-state index in [1.54, 1.807) is 44.2 Å². The van der Waals surface area contributed by atoms with Gasteiger partial charge in [0.25, 0.3) is 0 Å². The van der Waals surface area contributed by atoms with Crippen LogP contribution in [0.15, 0.2) is 36.7 Å². The van der Waals surface area contributed by atoms with Gasteiger partial charge >= 0.3 is 13.7 Å². The van der Waals surface area contributed by atoms with Gasteiger partial charge in [-0.1, -0.05) is 25.1 Å². The Morgan fingerprint density at radius 2 is 2.02 bits per heavy atom. The van der Waals surface area contributed by atoms with Crippen LogP contribution in [0.1, 0.15) is 40.3 Å². The Morgan fingerprint density at radius 1 is 1.29 bits per heavy atom. The third-order valence-electron chi connectivity index (χ3n) is 6.30. The SMILES string of the molecule is CCCOC(=O)C(C)NP(=O)(OCC1OC(n2cnc3c(OCC)nc(N)nc32)C(C)(N)C1O)Oc1ccccc1. The second-order valence-electron chi connectivity index (χ2n) is 9.70. The minimum Gasteiger partial charge on any atom is -0.476 e. The predicted octanol–water partition coefficient (Wildman–Crippen LogP) is 1.92. The van der Waals surface area contributed by atoms with E-state index in [1.165, 1.54) is 17.8 Å². The quantitative estimate of drug-likeness (QED) is 0.165. The first-order chi connectivity index (χ1) is 19.5. The number of para-hydroxylation sites is 1. The molecule has 224 valence electrons. The van der Waals surface area contributed by atoms with E-state index in [2.05, 4.69) is 20.0 Å². The largest absolute Gasteiger partial charge is 0.476 e. The van der Waals surface area contributed by atoms with Gasteiger partial charge in [0.1, 0.15) is 24.0 Å². The van der Waals surface area contributed by atoms with E-state index in [9.17, 15) is 14.5 Å². The third kappa shape index (κ3) is 6.77. The summed E-state index contributed by atoms with van der Waals surface area (Å²) in [4.78, 5) is 25.0. The molecule has 0 bridgehead atoms. The zero-order chi connectivity index (χ0) is 29.8. The van der Waals surface area contributed by atoms with E-state index in [-0.39, 0.29) is 29.8 Å². The first-order valence-corrected chi connectivity index (χ1v) is 14.7. The number of hydrogen-bond acceptors (Lipinski definition) is 13. The molecule has 41 heavy (non-hydrogen) atoms. The van der Waals surface area contributed by atoms with E-state index in [0.717, 1.165) is 0 Å².